The van der Waals surface area contributed by atoms with E-state index in [9.17, 15) is 31.2 Å². The van der Waals surface area contributed by atoms with E-state index in [0.717, 1.165) is 166 Å². The van der Waals surface area contributed by atoms with Gasteiger partial charge in [0.2, 0.25) is 0 Å². The van der Waals surface area contributed by atoms with Crippen LogP contribution in [0.15, 0.2) is 34.9 Å². The first-order chi connectivity index (χ1) is 53.9. The molecule has 18 atom stereocenters. The van der Waals surface area contributed by atoms with E-state index >= 15 is 0 Å². The molecule has 12 rings (SSSR count). The van der Waals surface area contributed by atoms with E-state index in [4.69, 9.17) is 13.1 Å². The lowest BCUT2D eigenvalue weighted by Gasteiger charge is -2.58. The van der Waals surface area contributed by atoms with E-state index in [2.05, 4.69) is 62.3 Å². The lowest BCUT2D eigenvalue weighted by Crippen LogP contribution is -2.51. The molecule has 10 nitrogen and oxygen atoms in total. The van der Waals surface area contributed by atoms with Gasteiger partial charge in [0.05, 0.1) is 29.8 Å². The minimum absolute atomic E-state index is 0.0349. The molecule has 9 fully saturated rings. The van der Waals surface area contributed by atoms with Crippen LogP contribution in [0.2, 0.25) is 0 Å². The van der Waals surface area contributed by atoms with Crippen molar-refractivity contribution in [3.63, 3.8) is 0 Å². The molecule has 0 unspecified atom stereocenters. The molecular weight excluding hydrogens is 1430 g/mol. The quantitative estimate of drug-likeness (QED) is 0.0426. The third kappa shape index (κ3) is 23.8. The average molecular weight is 1600 g/mol. The van der Waals surface area contributed by atoms with Crippen LogP contribution in [0.25, 0.3) is 0 Å². The van der Waals surface area contributed by atoms with Crippen molar-refractivity contribution in [3.05, 3.63) is 34.9 Å². The Labute approximate surface area is 688 Å². The van der Waals surface area contributed by atoms with Crippen LogP contribution in [-0.2, 0) is 47.7 Å². The highest BCUT2D eigenvalue weighted by atomic mass is 32.2. The molecule has 0 aliphatic heterocycles. The number of hydrogen-bond acceptors (Lipinski definition) is 10. The molecule has 0 aromatic rings. The fourth-order valence-corrected chi connectivity index (χ4v) is 29.8. The van der Waals surface area contributed by atoms with Gasteiger partial charge in [0.15, 0.2) is 17.3 Å². The molecule has 0 saturated heterocycles. The summed E-state index contributed by atoms with van der Waals surface area (Å²) >= 11 is 0. The summed E-state index contributed by atoms with van der Waals surface area (Å²) in [5.41, 5.74) is 5.24. The third-order valence-electron chi connectivity index (χ3n) is 34.2. The van der Waals surface area contributed by atoms with Crippen LogP contribution in [0.3, 0.4) is 0 Å². The zero-order chi connectivity index (χ0) is 79.9. The molecule has 642 valence electrons. The van der Waals surface area contributed by atoms with Gasteiger partial charge in [-0.2, -0.15) is 16.8 Å². The normalized spacial score (nSPS) is 35.2. The van der Waals surface area contributed by atoms with Crippen molar-refractivity contribution < 1.29 is 44.3 Å². The van der Waals surface area contributed by atoms with Crippen molar-refractivity contribution in [2.24, 2.45) is 85.8 Å². The Balaban J connectivity index is 0.000000179. The maximum atomic E-state index is 13.0. The number of rotatable bonds is 45. The first kappa shape index (κ1) is 92.3. The van der Waals surface area contributed by atoms with Crippen LogP contribution in [0, 0.1) is 85.8 Å². The molecule has 0 aromatic heterocycles. The molecule has 0 aromatic carbocycles. The Kier molecular flexibility index (Phi) is 36.3. The Hall–Kier alpha value is -1.99. The number of carbonyl (C=O) groups excluding carboxylic acids is 3. The second-order valence-corrected chi connectivity index (χ2v) is 44.8. The number of carbonyl (C=O) groups is 3. The van der Waals surface area contributed by atoms with Gasteiger partial charge in [-0.15, -0.1) is 0 Å². The molecule has 9 saturated carbocycles. The Bertz CT molecular complexity index is 3240. The predicted molar refractivity (Wildman–Crippen MR) is 465 cm³/mol. The number of allylic oxidation sites excluding steroid dienone is 3. The maximum absolute atomic E-state index is 13.0. The Morgan fingerprint density at radius 1 is 0.286 bits per heavy atom. The van der Waals surface area contributed by atoms with Crippen molar-refractivity contribution >= 4 is 37.6 Å². The summed E-state index contributed by atoms with van der Waals surface area (Å²) in [5, 5.41) is 0. The molecule has 0 radical (unpaired) electrons. The van der Waals surface area contributed by atoms with E-state index in [1.54, 1.807) is 0 Å². The smallest absolute Gasteiger partial charge is 0.267 e. The zero-order valence-corrected chi connectivity index (χ0v) is 75.4. The van der Waals surface area contributed by atoms with Crippen LogP contribution in [0.5, 0.6) is 0 Å². The molecule has 12 heteroatoms. The number of ketones is 3. The van der Waals surface area contributed by atoms with Gasteiger partial charge in [-0.3, -0.25) is 22.7 Å². The number of ether oxygens (including phenoxy) is 1. The lowest BCUT2D eigenvalue weighted by atomic mass is 9.47. The van der Waals surface area contributed by atoms with Crippen LogP contribution in [0.4, 0.5) is 0 Å². The fraction of sp³-hybridized carbons (Fsp3) is 0.910. The Morgan fingerprint density at radius 2 is 0.536 bits per heavy atom. The van der Waals surface area contributed by atoms with Gasteiger partial charge in [-0.05, 0) is 258 Å². The predicted octanol–water partition coefficient (Wildman–Crippen LogP) is 27.9. The number of fused-ring (bicyclic) bond motifs is 15. The first-order valence-electron chi connectivity index (χ1n) is 49.0. The molecule has 0 spiro atoms. The summed E-state index contributed by atoms with van der Waals surface area (Å²) in [6.45, 7) is 22.3. The SMILES string of the molecule is CCCCCCCCCCCCCCCS(=O)(=O)O[C@H]1CC[C@H]2[C@@H]3CCC4=CC(=O)CC[C@]4(C)[C@H]3CC[C@]12C.CCCCCCCCCCCCCCO[C@H]1CC[C@H]2[C@@H]3CCC4=CC(=O)CC[C@]4(C)[C@H]3CC[C@]12C.CCCCCCCCCCCCCCS(=O)(=O)O[C@H]1CC[C@H]2[C@@H]3CCC4=CC(=O)CC[C@]4(C)[C@H]3CC[C@]12C. The summed E-state index contributed by atoms with van der Waals surface area (Å²) in [5.74, 6) is 7.45. The summed E-state index contributed by atoms with van der Waals surface area (Å²) in [6.07, 6.45) is 79.9. The van der Waals surface area contributed by atoms with Crippen molar-refractivity contribution in [2.45, 2.75) is 472 Å². The van der Waals surface area contributed by atoms with Gasteiger partial charge >= 0.3 is 0 Å². The minimum atomic E-state index is -3.48. The highest BCUT2D eigenvalue weighted by molar-refractivity contribution is 7.87. The fourth-order valence-electron chi connectivity index (χ4n) is 27.2. The summed E-state index contributed by atoms with van der Waals surface area (Å²) in [4.78, 5) is 36.2. The van der Waals surface area contributed by atoms with Crippen LogP contribution in [0.1, 0.15) is 454 Å². The highest BCUT2D eigenvalue weighted by Crippen LogP contribution is 2.69. The van der Waals surface area contributed by atoms with Crippen molar-refractivity contribution in [3.8, 4) is 0 Å². The second-order valence-electron chi connectivity index (χ2n) is 41.3. The third-order valence-corrected chi connectivity index (χ3v) is 36.8. The zero-order valence-electron chi connectivity index (χ0n) is 73.8. The first-order valence-corrected chi connectivity index (χ1v) is 52.2. The standard InChI is InChI=1S/C34H58O4S.C33H56O4S.C33H56O2/c1-4-5-6-7-8-9-10-11-12-13-14-15-16-25-39(36,37)38-32-20-19-30-29-18-17-27-26-28(35)21-23-33(27,2)31(29)22-24-34(30,32)3;1-4-5-6-7-8-9-10-11-12-13-14-15-24-38(35,36)37-31-19-18-29-28-17-16-26-25-27(34)20-22-32(26,2)30(28)21-23-33(29,31)3;1-4-5-6-7-8-9-10-11-12-13-14-15-24-35-31-19-18-29-28-17-16-26-25-27(34)20-22-32(26,2)30(28)21-23-33(29,31)3/h26,29-32H,4-25H2,1-3H3;25,28-31H,4-24H2,1-3H3;25,28-31H,4-24H2,1-3H3/t29-,30-,31-,32-,33-,34-;2*28-,29-,30-,31-,32-,33-/m000/s1. The largest absolute Gasteiger partial charge is 0.378 e. The topological polar surface area (TPSA) is 147 Å². The molecule has 112 heavy (non-hydrogen) atoms. The molecule has 0 amide bonds. The van der Waals surface area contributed by atoms with Crippen LogP contribution in [-0.4, -0.2) is 70.6 Å². The van der Waals surface area contributed by atoms with Crippen LogP contribution >= 0.6 is 0 Å². The molecule has 12 aliphatic rings. The summed E-state index contributed by atoms with van der Waals surface area (Å²) in [7, 11) is -6.96. The van der Waals surface area contributed by atoms with Crippen molar-refractivity contribution in [2.75, 3.05) is 18.1 Å². The summed E-state index contributed by atoms with van der Waals surface area (Å²) in [6, 6.07) is 0. The highest BCUT2D eigenvalue weighted by Gasteiger charge is 2.63. The molecule has 0 bridgehead atoms. The van der Waals surface area contributed by atoms with Crippen molar-refractivity contribution in [1.82, 2.24) is 0 Å². The molecule has 12 aliphatic carbocycles. The number of hydrogen-bond donors (Lipinski definition) is 0. The van der Waals surface area contributed by atoms with E-state index in [-0.39, 0.29) is 45.4 Å². The van der Waals surface area contributed by atoms with Crippen molar-refractivity contribution in [1.29, 1.82) is 0 Å². The molecule has 0 heterocycles. The van der Waals surface area contributed by atoms with Gasteiger partial charge in [0.25, 0.3) is 20.2 Å². The van der Waals surface area contributed by atoms with E-state index in [0.29, 0.717) is 82.6 Å². The van der Waals surface area contributed by atoms with Gasteiger partial charge in [-0.25, -0.2) is 0 Å². The monoisotopic (exact) mass is 1600 g/mol. The van der Waals surface area contributed by atoms with Gasteiger partial charge in [0, 0.05) is 25.9 Å². The summed E-state index contributed by atoms with van der Waals surface area (Å²) < 4.78 is 70.6. The minimum Gasteiger partial charge on any atom is -0.378 e. The maximum Gasteiger partial charge on any atom is 0.267 e. The van der Waals surface area contributed by atoms with Gasteiger partial charge in [0.1, 0.15) is 0 Å². The van der Waals surface area contributed by atoms with E-state index < -0.39 is 20.2 Å². The second kappa shape index (κ2) is 44.0. The molecule has 0 N–H and O–H groups in total. The van der Waals surface area contributed by atoms with E-state index in [1.165, 1.54) is 254 Å². The molecular formula is C100H170O10S2. The Morgan fingerprint density at radius 3 is 0.821 bits per heavy atom. The number of unbranched alkanes of at least 4 members (excludes halogenated alkanes) is 34. The lowest BCUT2D eigenvalue weighted by molar-refractivity contribution is -0.119. The van der Waals surface area contributed by atoms with Gasteiger partial charge in [-0.1, -0.05) is 297 Å². The average Bonchev–Trinajstić information content (AvgIpc) is 1.38. The van der Waals surface area contributed by atoms with E-state index in [1.807, 2.05) is 18.2 Å². The van der Waals surface area contributed by atoms with Crippen LogP contribution < -0.4 is 0 Å². The van der Waals surface area contributed by atoms with Gasteiger partial charge < -0.3 is 4.74 Å².